The molecule has 0 heteroatoms. The Kier molecular flexibility index (Phi) is 6.03. The van der Waals surface area contributed by atoms with Gasteiger partial charge in [-0.05, 0) is 107 Å². The summed E-state index contributed by atoms with van der Waals surface area (Å²) in [5, 5.41) is 2.72. The molecule has 0 aromatic heterocycles. The molecule has 0 N–H and O–H groups in total. The second-order valence-corrected chi connectivity index (χ2v) is 13.8. The van der Waals surface area contributed by atoms with E-state index in [1.165, 1.54) is 77.5 Å². The lowest BCUT2D eigenvalue weighted by molar-refractivity contribution is 0.589. The van der Waals surface area contributed by atoms with Crippen molar-refractivity contribution >= 4 is 10.8 Å². The molecule has 206 valence electrons. The Morgan fingerprint density at radius 1 is 0.357 bits per heavy atom. The SMILES string of the molecule is CC(C)(C)c1cc2c3c(cc(C(C)(C)C)cc3c1)-c1c(-c3ccccc3)c(-c3ccccc3)cc(-c3ccccc3)c1-2. The average molecular weight is 543 g/mol. The van der Waals surface area contributed by atoms with Gasteiger partial charge < -0.3 is 0 Å². The summed E-state index contributed by atoms with van der Waals surface area (Å²) in [6.07, 6.45) is 0. The normalized spacial score (nSPS) is 12.5. The third kappa shape index (κ3) is 4.29. The van der Waals surface area contributed by atoms with Crippen molar-refractivity contribution in [2.24, 2.45) is 0 Å². The first-order chi connectivity index (χ1) is 20.1. The minimum atomic E-state index is 0.0254. The summed E-state index contributed by atoms with van der Waals surface area (Å²) in [7, 11) is 0. The first-order valence-corrected chi connectivity index (χ1v) is 15.1. The topological polar surface area (TPSA) is 0 Å². The molecular formula is C42H38. The van der Waals surface area contributed by atoms with Crippen molar-refractivity contribution < 1.29 is 0 Å². The fraction of sp³-hybridized carbons (Fsp3) is 0.190. The largest absolute Gasteiger partial charge is 0.0622 e. The molecule has 6 aromatic rings. The fourth-order valence-electron chi connectivity index (χ4n) is 6.60. The molecule has 0 fully saturated rings. The van der Waals surface area contributed by atoms with Gasteiger partial charge in [-0.15, -0.1) is 0 Å². The monoisotopic (exact) mass is 542 g/mol. The van der Waals surface area contributed by atoms with E-state index in [0.717, 1.165) is 0 Å². The van der Waals surface area contributed by atoms with Gasteiger partial charge in [-0.3, -0.25) is 0 Å². The molecule has 0 atom stereocenters. The number of benzene rings is 6. The molecule has 1 aliphatic rings. The van der Waals surface area contributed by atoms with E-state index in [2.05, 4.69) is 163 Å². The second-order valence-electron chi connectivity index (χ2n) is 13.8. The maximum atomic E-state index is 2.49. The zero-order chi connectivity index (χ0) is 29.2. The third-order valence-electron chi connectivity index (χ3n) is 8.88. The Morgan fingerprint density at radius 3 is 1.21 bits per heavy atom. The van der Waals surface area contributed by atoms with Crippen LogP contribution in [0.5, 0.6) is 0 Å². The Balaban J connectivity index is 1.73. The lowest BCUT2D eigenvalue weighted by Gasteiger charge is -2.23. The third-order valence-corrected chi connectivity index (χ3v) is 8.88. The molecule has 1 aliphatic carbocycles. The van der Waals surface area contributed by atoms with Crippen molar-refractivity contribution in [3.8, 4) is 55.6 Å². The number of hydrogen-bond acceptors (Lipinski definition) is 0. The van der Waals surface area contributed by atoms with Crippen LogP contribution in [0.25, 0.3) is 66.4 Å². The molecule has 0 spiro atoms. The van der Waals surface area contributed by atoms with Crippen molar-refractivity contribution in [2.75, 3.05) is 0 Å². The van der Waals surface area contributed by atoms with Gasteiger partial charge in [0.15, 0.2) is 0 Å². The summed E-state index contributed by atoms with van der Waals surface area (Å²) in [6.45, 7) is 14.0. The summed E-state index contributed by atoms with van der Waals surface area (Å²) in [5.41, 5.74) is 15.9. The smallest absolute Gasteiger partial charge is 0.000753 e. The van der Waals surface area contributed by atoms with Crippen molar-refractivity contribution in [3.05, 3.63) is 132 Å². The average Bonchev–Trinajstić information content (AvgIpc) is 3.32. The van der Waals surface area contributed by atoms with E-state index in [1.807, 2.05) is 0 Å². The van der Waals surface area contributed by atoms with Crippen LogP contribution in [-0.2, 0) is 10.8 Å². The standard InChI is InChI=1S/C42H38/c1-41(2,3)31-22-30-23-32(42(4,5)6)25-36-37(30)35(24-31)39-34(28-18-12-8-13-19-28)26-33(27-16-10-7-11-17-27)38(40(36)39)29-20-14-9-15-21-29/h7-26H,1-6H3. The van der Waals surface area contributed by atoms with Gasteiger partial charge in [0.1, 0.15) is 0 Å². The van der Waals surface area contributed by atoms with E-state index in [1.54, 1.807) is 0 Å². The predicted octanol–water partition coefficient (Wildman–Crippen LogP) is 12.1. The van der Waals surface area contributed by atoms with E-state index in [0.29, 0.717) is 0 Å². The van der Waals surface area contributed by atoms with Gasteiger partial charge in [0, 0.05) is 0 Å². The van der Waals surface area contributed by atoms with E-state index >= 15 is 0 Å². The van der Waals surface area contributed by atoms with Crippen molar-refractivity contribution in [2.45, 2.75) is 52.4 Å². The van der Waals surface area contributed by atoms with Crippen LogP contribution < -0.4 is 0 Å². The molecule has 0 heterocycles. The van der Waals surface area contributed by atoms with Gasteiger partial charge in [-0.2, -0.15) is 0 Å². The molecule has 42 heavy (non-hydrogen) atoms. The predicted molar refractivity (Wildman–Crippen MR) is 182 cm³/mol. The van der Waals surface area contributed by atoms with Crippen LogP contribution in [0.1, 0.15) is 52.7 Å². The van der Waals surface area contributed by atoms with E-state index in [9.17, 15) is 0 Å². The summed E-state index contributed by atoms with van der Waals surface area (Å²) in [5.74, 6) is 0. The first-order valence-electron chi connectivity index (χ1n) is 15.1. The van der Waals surface area contributed by atoms with Gasteiger partial charge in [0.25, 0.3) is 0 Å². The van der Waals surface area contributed by atoms with Crippen LogP contribution in [-0.4, -0.2) is 0 Å². The second kappa shape index (κ2) is 9.57. The van der Waals surface area contributed by atoms with Gasteiger partial charge in [-0.1, -0.05) is 145 Å². The lowest BCUT2D eigenvalue weighted by atomic mass is 9.81. The molecule has 0 amide bonds. The summed E-state index contributed by atoms with van der Waals surface area (Å²) >= 11 is 0. The Hall–Kier alpha value is -4.42. The molecule has 0 bridgehead atoms. The van der Waals surface area contributed by atoms with Gasteiger partial charge in [0.2, 0.25) is 0 Å². The maximum Gasteiger partial charge on any atom is -0.000753 e. The number of fused-ring (bicyclic) bond motifs is 3. The van der Waals surface area contributed by atoms with Crippen LogP contribution >= 0.6 is 0 Å². The highest BCUT2D eigenvalue weighted by Gasteiger charge is 2.33. The van der Waals surface area contributed by atoms with Crippen LogP contribution in [0, 0.1) is 0 Å². The molecular weight excluding hydrogens is 504 g/mol. The molecule has 0 nitrogen and oxygen atoms in total. The van der Waals surface area contributed by atoms with Crippen LogP contribution in [0.15, 0.2) is 121 Å². The zero-order valence-electron chi connectivity index (χ0n) is 25.5. The van der Waals surface area contributed by atoms with Crippen LogP contribution in [0.4, 0.5) is 0 Å². The van der Waals surface area contributed by atoms with Gasteiger partial charge in [-0.25, -0.2) is 0 Å². The quantitative estimate of drug-likeness (QED) is 0.208. The van der Waals surface area contributed by atoms with Gasteiger partial charge in [0.05, 0.1) is 0 Å². The zero-order valence-corrected chi connectivity index (χ0v) is 25.5. The Labute approximate surface area is 250 Å². The molecule has 0 aliphatic heterocycles. The fourth-order valence-corrected chi connectivity index (χ4v) is 6.60. The molecule has 0 radical (unpaired) electrons. The van der Waals surface area contributed by atoms with E-state index in [-0.39, 0.29) is 10.8 Å². The summed E-state index contributed by atoms with van der Waals surface area (Å²) in [4.78, 5) is 0. The first kappa shape index (κ1) is 26.5. The molecule has 7 rings (SSSR count). The van der Waals surface area contributed by atoms with Crippen LogP contribution in [0.2, 0.25) is 0 Å². The Bertz CT molecular complexity index is 1940. The number of rotatable bonds is 3. The van der Waals surface area contributed by atoms with Crippen molar-refractivity contribution in [1.82, 2.24) is 0 Å². The molecule has 6 aromatic carbocycles. The Morgan fingerprint density at radius 2 is 0.762 bits per heavy atom. The highest BCUT2D eigenvalue weighted by Crippen LogP contribution is 2.58. The number of hydrogen-bond donors (Lipinski definition) is 0. The van der Waals surface area contributed by atoms with E-state index in [4.69, 9.17) is 0 Å². The molecule has 0 unspecified atom stereocenters. The highest BCUT2D eigenvalue weighted by molar-refractivity contribution is 6.23. The van der Waals surface area contributed by atoms with Crippen LogP contribution in [0.3, 0.4) is 0 Å². The lowest BCUT2D eigenvalue weighted by Crippen LogP contribution is -2.12. The molecule has 0 saturated heterocycles. The van der Waals surface area contributed by atoms with E-state index < -0.39 is 0 Å². The summed E-state index contributed by atoms with van der Waals surface area (Å²) < 4.78 is 0. The summed E-state index contributed by atoms with van der Waals surface area (Å²) in [6, 6.07) is 45.2. The van der Waals surface area contributed by atoms with Gasteiger partial charge >= 0.3 is 0 Å². The minimum Gasteiger partial charge on any atom is -0.0622 e. The van der Waals surface area contributed by atoms with Crippen molar-refractivity contribution in [3.63, 3.8) is 0 Å². The maximum absolute atomic E-state index is 2.49. The highest BCUT2D eigenvalue weighted by atomic mass is 14.4. The minimum absolute atomic E-state index is 0.0254. The molecule has 0 saturated carbocycles. The van der Waals surface area contributed by atoms with Crippen molar-refractivity contribution in [1.29, 1.82) is 0 Å².